The van der Waals surface area contributed by atoms with E-state index >= 15 is 0 Å². The highest BCUT2D eigenvalue weighted by molar-refractivity contribution is 5.48. The highest BCUT2D eigenvalue weighted by atomic mass is 15.3. The third-order valence-electron chi connectivity index (χ3n) is 2.80. The Morgan fingerprint density at radius 2 is 2.06 bits per heavy atom. The summed E-state index contributed by atoms with van der Waals surface area (Å²) in [5.41, 5.74) is 9.32. The lowest BCUT2D eigenvalue weighted by Crippen LogP contribution is -2.14. The number of rotatable bonds is 3. The second-order valence-corrected chi connectivity index (χ2v) is 4.38. The number of aryl methyl sites for hydroxylation is 1. The van der Waals surface area contributed by atoms with E-state index in [1.54, 1.807) is 4.68 Å². The van der Waals surface area contributed by atoms with Crippen LogP contribution in [-0.2, 0) is 7.05 Å². The van der Waals surface area contributed by atoms with E-state index in [-0.39, 0.29) is 6.04 Å². The Labute approximate surface area is 102 Å². The van der Waals surface area contributed by atoms with E-state index in [4.69, 9.17) is 5.73 Å². The number of benzene rings is 1. The zero-order chi connectivity index (χ0) is 12.4. The van der Waals surface area contributed by atoms with Gasteiger partial charge in [-0.2, -0.15) is 5.10 Å². The van der Waals surface area contributed by atoms with Crippen LogP contribution < -0.4 is 10.6 Å². The fourth-order valence-corrected chi connectivity index (χ4v) is 1.77. The molecule has 0 aliphatic heterocycles. The van der Waals surface area contributed by atoms with Crippen molar-refractivity contribution in [1.29, 1.82) is 0 Å². The van der Waals surface area contributed by atoms with Crippen LogP contribution in [0, 0.1) is 0 Å². The van der Waals surface area contributed by atoms with E-state index in [9.17, 15) is 0 Å². The number of hydrogen-bond donors (Lipinski definition) is 1. The lowest BCUT2D eigenvalue weighted by atomic mass is 10.0. The standard InChI is InChI=1S/C13H18N4/c1-16(2)11-6-4-5-10(9-11)13(14)12-7-8-17(3)15-12/h4-9,13H,14H2,1-3H3. The summed E-state index contributed by atoms with van der Waals surface area (Å²) in [6.07, 6.45) is 1.91. The van der Waals surface area contributed by atoms with Gasteiger partial charge in [0.15, 0.2) is 0 Å². The first-order valence-corrected chi connectivity index (χ1v) is 5.60. The SMILES string of the molecule is CN(C)c1cccc(C(N)c2ccn(C)n2)c1. The van der Waals surface area contributed by atoms with E-state index in [0.29, 0.717) is 0 Å². The Balaban J connectivity index is 2.30. The van der Waals surface area contributed by atoms with E-state index in [1.807, 2.05) is 45.5 Å². The van der Waals surface area contributed by atoms with Crippen LogP contribution in [0.3, 0.4) is 0 Å². The molecule has 2 rings (SSSR count). The van der Waals surface area contributed by atoms with Crippen LogP contribution in [0.4, 0.5) is 5.69 Å². The normalized spacial score (nSPS) is 12.5. The summed E-state index contributed by atoms with van der Waals surface area (Å²) in [5.74, 6) is 0. The summed E-state index contributed by atoms with van der Waals surface area (Å²) in [6.45, 7) is 0. The molecule has 17 heavy (non-hydrogen) atoms. The Morgan fingerprint density at radius 1 is 1.29 bits per heavy atom. The van der Waals surface area contributed by atoms with Crippen molar-refractivity contribution in [2.24, 2.45) is 12.8 Å². The smallest absolute Gasteiger partial charge is 0.0837 e. The van der Waals surface area contributed by atoms with Gasteiger partial charge in [-0.1, -0.05) is 12.1 Å². The first-order chi connectivity index (χ1) is 8.08. The Kier molecular flexibility index (Phi) is 3.15. The molecule has 2 N–H and O–H groups in total. The van der Waals surface area contributed by atoms with Gasteiger partial charge in [0.05, 0.1) is 11.7 Å². The minimum atomic E-state index is -0.170. The zero-order valence-corrected chi connectivity index (χ0v) is 10.5. The molecule has 4 heteroatoms. The molecule has 0 bridgehead atoms. The second kappa shape index (κ2) is 4.59. The van der Waals surface area contributed by atoms with Crippen molar-refractivity contribution < 1.29 is 0 Å². The highest BCUT2D eigenvalue weighted by Crippen LogP contribution is 2.21. The van der Waals surface area contributed by atoms with Gasteiger partial charge < -0.3 is 10.6 Å². The molecule has 1 aromatic heterocycles. The Hall–Kier alpha value is -1.81. The van der Waals surface area contributed by atoms with Crippen molar-refractivity contribution >= 4 is 5.69 Å². The van der Waals surface area contributed by atoms with Crippen molar-refractivity contribution in [3.8, 4) is 0 Å². The number of aromatic nitrogens is 2. The second-order valence-electron chi connectivity index (χ2n) is 4.38. The molecule has 1 unspecified atom stereocenters. The van der Waals surface area contributed by atoms with Gasteiger partial charge in [0.1, 0.15) is 0 Å². The average molecular weight is 230 g/mol. The molecule has 0 amide bonds. The van der Waals surface area contributed by atoms with Crippen molar-refractivity contribution in [3.63, 3.8) is 0 Å². The third-order valence-corrected chi connectivity index (χ3v) is 2.80. The van der Waals surface area contributed by atoms with Crippen LogP contribution in [0.15, 0.2) is 36.5 Å². The summed E-state index contributed by atoms with van der Waals surface area (Å²) in [7, 11) is 5.93. The summed E-state index contributed by atoms with van der Waals surface area (Å²) in [5, 5.41) is 4.34. The predicted molar refractivity (Wildman–Crippen MR) is 70.0 cm³/mol. The van der Waals surface area contributed by atoms with Crippen LogP contribution in [0.1, 0.15) is 17.3 Å². The molecule has 0 saturated heterocycles. The predicted octanol–water partition coefficient (Wildman–Crippen LogP) is 1.53. The summed E-state index contributed by atoms with van der Waals surface area (Å²) in [4.78, 5) is 2.06. The fraction of sp³-hybridized carbons (Fsp3) is 0.308. The number of nitrogens with two attached hydrogens (primary N) is 1. The molecule has 0 aliphatic carbocycles. The fourth-order valence-electron chi connectivity index (χ4n) is 1.77. The molecule has 1 atom stereocenters. The highest BCUT2D eigenvalue weighted by Gasteiger charge is 2.12. The maximum absolute atomic E-state index is 6.20. The maximum atomic E-state index is 6.20. The number of anilines is 1. The first-order valence-electron chi connectivity index (χ1n) is 5.60. The molecule has 0 fully saturated rings. The van der Waals surface area contributed by atoms with E-state index < -0.39 is 0 Å². The van der Waals surface area contributed by atoms with Gasteiger partial charge in [-0.05, 0) is 23.8 Å². The topological polar surface area (TPSA) is 47.1 Å². The van der Waals surface area contributed by atoms with Crippen LogP contribution in [0.2, 0.25) is 0 Å². The van der Waals surface area contributed by atoms with Gasteiger partial charge in [-0.15, -0.1) is 0 Å². The van der Waals surface area contributed by atoms with Gasteiger partial charge in [-0.25, -0.2) is 0 Å². The van der Waals surface area contributed by atoms with E-state index in [2.05, 4.69) is 22.1 Å². The molecule has 90 valence electrons. The lowest BCUT2D eigenvalue weighted by Gasteiger charge is -2.16. The molecular weight excluding hydrogens is 212 g/mol. The summed E-state index contributed by atoms with van der Waals surface area (Å²) in [6, 6.07) is 10.00. The molecule has 0 saturated carbocycles. The van der Waals surface area contributed by atoms with Crippen molar-refractivity contribution in [2.45, 2.75) is 6.04 Å². The molecular formula is C13H18N4. The summed E-state index contributed by atoms with van der Waals surface area (Å²) >= 11 is 0. The zero-order valence-electron chi connectivity index (χ0n) is 10.5. The van der Waals surface area contributed by atoms with Gasteiger partial charge in [0.2, 0.25) is 0 Å². The van der Waals surface area contributed by atoms with E-state index in [0.717, 1.165) is 16.9 Å². The van der Waals surface area contributed by atoms with E-state index in [1.165, 1.54) is 0 Å². The van der Waals surface area contributed by atoms with Crippen molar-refractivity contribution in [3.05, 3.63) is 47.8 Å². The third kappa shape index (κ3) is 2.47. The molecule has 1 heterocycles. The van der Waals surface area contributed by atoms with Crippen LogP contribution in [-0.4, -0.2) is 23.9 Å². The van der Waals surface area contributed by atoms with Crippen LogP contribution >= 0.6 is 0 Å². The van der Waals surface area contributed by atoms with Gasteiger partial charge in [-0.3, -0.25) is 4.68 Å². The Bertz CT molecular complexity index is 502. The Morgan fingerprint density at radius 3 is 2.65 bits per heavy atom. The number of nitrogens with zero attached hydrogens (tertiary/aromatic N) is 3. The lowest BCUT2D eigenvalue weighted by molar-refractivity contribution is 0.716. The van der Waals surface area contributed by atoms with Crippen molar-refractivity contribution in [1.82, 2.24) is 9.78 Å². The van der Waals surface area contributed by atoms with Gasteiger partial charge in [0, 0.05) is 33.0 Å². The van der Waals surface area contributed by atoms with Crippen molar-refractivity contribution in [2.75, 3.05) is 19.0 Å². The largest absolute Gasteiger partial charge is 0.378 e. The molecule has 0 spiro atoms. The molecule has 4 nitrogen and oxygen atoms in total. The maximum Gasteiger partial charge on any atom is 0.0837 e. The summed E-state index contributed by atoms with van der Waals surface area (Å²) < 4.78 is 1.77. The molecule has 0 aliphatic rings. The molecule has 1 aromatic carbocycles. The minimum absolute atomic E-state index is 0.170. The monoisotopic (exact) mass is 230 g/mol. The van der Waals surface area contributed by atoms with Crippen LogP contribution in [0.25, 0.3) is 0 Å². The van der Waals surface area contributed by atoms with Gasteiger partial charge >= 0.3 is 0 Å². The van der Waals surface area contributed by atoms with Gasteiger partial charge in [0.25, 0.3) is 0 Å². The minimum Gasteiger partial charge on any atom is -0.378 e. The van der Waals surface area contributed by atoms with Crippen LogP contribution in [0.5, 0.6) is 0 Å². The molecule has 2 aromatic rings. The first kappa shape index (κ1) is 11.7. The number of hydrogen-bond acceptors (Lipinski definition) is 3. The molecule has 0 radical (unpaired) electrons. The quantitative estimate of drug-likeness (QED) is 0.870. The average Bonchev–Trinajstić information content (AvgIpc) is 2.75.